The van der Waals surface area contributed by atoms with E-state index < -0.39 is 17.0 Å². The smallest absolute Gasteiger partial charge is 0.330 e. The highest BCUT2D eigenvalue weighted by Gasteiger charge is 2.25. The molecule has 0 heterocycles. The molecular formula is C19H24N2O7. The Kier molecular flexibility index (Phi) is 9.21. The van der Waals surface area contributed by atoms with Crippen LogP contribution in [0.4, 0.5) is 5.69 Å². The first-order valence-electron chi connectivity index (χ1n) is 8.53. The van der Waals surface area contributed by atoms with E-state index >= 15 is 0 Å². The van der Waals surface area contributed by atoms with Crippen molar-refractivity contribution in [2.75, 3.05) is 20.3 Å². The summed E-state index contributed by atoms with van der Waals surface area (Å²) < 4.78 is 15.9. The number of esters is 1. The lowest BCUT2D eigenvalue weighted by atomic mass is 10.1. The van der Waals surface area contributed by atoms with Gasteiger partial charge in [0.2, 0.25) is 5.91 Å². The van der Waals surface area contributed by atoms with Crippen LogP contribution in [-0.4, -0.2) is 37.1 Å². The Hall–Kier alpha value is -3.36. The minimum absolute atomic E-state index is 0.144. The molecule has 1 rings (SSSR count). The molecule has 9 nitrogen and oxygen atoms in total. The fourth-order valence-corrected chi connectivity index (χ4v) is 2.30. The third-order valence-corrected chi connectivity index (χ3v) is 3.66. The summed E-state index contributed by atoms with van der Waals surface area (Å²) in [6.07, 6.45) is 2.32. The van der Waals surface area contributed by atoms with E-state index in [1.54, 1.807) is 6.08 Å². The number of hydrogen-bond acceptors (Lipinski definition) is 7. The van der Waals surface area contributed by atoms with Crippen molar-refractivity contribution >= 4 is 17.6 Å². The number of hydrogen-bond donors (Lipinski definition) is 1. The summed E-state index contributed by atoms with van der Waals surface area (Å²) >= 11 is 0. The number of nitro groups is 1. The van der Waals surface area contributed by atoms with Crippen molar-refractivity contribution in [2.45, 2.75) is 25.9 Å². The standard InChI is InChI=1S/C19H24N2O7/c1-5-9-20-18(22)8-7-10-27-17-12-15(21(24)25)14(11-16(17)26-4)13(3)28-19(23)6-2/h5-6,11-13H,1-2,7-10H2,3-4H3,(H,20,22). The second-order valence-corrected chi connectivity index (χ2v) is 5.65. The fourth-order valence-electron chi connectivity index (χ4n) is 2.30. The molecule has 0 spiro atoms. The highest BCUT2D eigenvalue weighted by Crippen LogP contribution is 2.38. The van der Waals surface area contributed by atoms with Crippen LogP contribution in [0.15, 0.2) is 37.4 Å². The molecule has 1 N–H and O–H groups in total. The van der Waals surface area contributed by atoms with Crippen LogP contribution in [0.25, 0.3) is 0 Å². The Labute approximate surface area is 163 Å². The molecule has 9 heteroatoms. The average Bonchev–Trinajstić information content (AvgIpc) is 2.68. The quantitative estimate of drug-likeness (QED) is 0.145. The zero-order chi connectivity index (χ0) is 21.1. The maximum atomic E-state index is 11.5. The van der Waals surface area contributed by atoms with Gasteiger partial charge in [0.05, 0.1) is 30.3 Å². The molecule has 0 radical (unpaired) electrons. The monoisotopic (exact) mass is 392 g/mol. The molecule has 0 aliphatic rings. The van der Waals surface area contributed by atoms with Crippen LogP contribution in [0.2, 0.25) is 0 Å². The van der Waals surface area contributed by atoms with Gasteiger partial charge in [-0.3, -0.25) is 14.9 Å². The van der Waals surface area contributed by atoms with Crippen LogP contribution in [0.3, 0.4) is 0 Å². The molecule has 1 atom stereocenters. The normalized spacial score (nSPS) is 11.1. The first-order valence-corrected chi connectivity index (χ1v) is 8.53. The van der Waals surface area contributed by atoms with Gasteiger partial charge in [0.1, 0.15) is 6.10 Å². The van der Waals surface area contributed by atoms with Crippen LogP contribution in [-0.2, 0) is 14.3 Å². The number of nitrogens with zero attached hydrogens (tertiary/aromatic N) is 1. The number of ether oxygens (including phenoxy) is 3. The third-order valence-electron chi connectivity index (χ3n) is 3.66. The zero-order valence-corrected chi connectivity index (χ0v) is 15.9. The molecule has 0 aliphatic carbocycles. The first-order chi connectivity index (χ1) is 13.3. The highest BCUT2D eigenvalue weighted by atomic mass is 16.6. The molecule has 28 heavy (non-hydrogen) atoms. The Morgan fingerprint density at radius 1 is 1.32 bits per heavy atom. The number of rotatable bonds is 12. The third kappa shape index (κ3) is 6.75. The van der Waals surface area contributed by atoms with Crippen molar-refractivity contribution in [1.82, 2.24) is 5.32 Å². The lowest BCUT2D eigenvalue weighted by Crippen LogP contribution is -2.23. The van der Waals surface area contributed by atoms with Crippen molar-refractivity contribution in [3.63, 3.8) is 0 Å². The minimum atomic E-state index is -0.887. The molecule has 1 unspecified atom stereocenters. The number of nitro benzene ring substituents is 1. The van der Waals surface area contributed by atoms with Crippen molar-refractivity contribution in [2.24, 2.45) is 0 Å². The van der Waals surface area contributed by atoms with Crippen molar-refractivity contribution in [3.05, 3.63) is 53.1 Å². The van der Waals surface area contributed by atoms with Crippen molar-refractivity contribution in [1.29, 1.82) is 0 Å². The number of methoxy groups -OCH3 is 1. The molecule has 0 saturated heterocycles. The summed E-state index contributed by atoms with van der Waals surface area (Å²) in [5.74, 6) is -0.435. The van der Waals surface area contributed by atoms with Gasteiger partial charge in [-0.05, 0) is 19.4 Å². The van der Waals surface area contributed by atoms with E-state index in [2.05, 4.69) is 18.5 Å². The van der Waals surface area contributed by atoms with Crippen LogP contribution in [0.5, 0.6) is 11.5 Å². The average molecular weight is 392 g/mol. The number of carbonyl (C=O) groups excluding carboxylic acids is 2. The highest BCUT2D eigenvalue weighted by molar-refractivity contribution is 5.81. The molecular weight excluding hydrogens is 368 g/mol. The summed E-state index contributed by atoms with van der Waals surface area (Å²) in [7, 11) is 1.39. The maximum Gasteiger partial charge on any atom is 0.330 e. The molecule has 0 fully saturated rings. The minimum Gasteiger partial charge on any atom is -0.493 e. The number of carbonyl (C=O) groups is 2. The van der Waals surface area contributed by atoms with E-state index in [1.165, 1.54) is 26.2 Å². The molecule has 0 aromatic heterocycles. The lowest BCUT2D eigenvalue weighted by Gasteiger charge is -2.16. The number of benzene rings is 1. The molecule has 0 saturated carbocycles. The Bertz CT molecular complexity index is 746. The van der Waals surface area contributed by atoms with Gasteiger partial charge in [0.25, 0.3) is 5.69 Å². The Morgan fingerprint density at radius 3 is 2.61 bits per heavy atom. The van der Waals surface area contributed by atoms with Gasteiger partial charge in [-0.1, -0.05) is 12.7 Å². The lowest BCUT2D eigenvalue weighted by molar-refractivity contribution is -0.386. The van der Waals surface area contributed by atoms with Crippen molar-refractivity contribution in [3.8, 4) is 11.5 Å². The topological polar surface area (TPSA) is 117 Å². The predicted molar refractivity (Wildman–Crippen MR) is 102 cm³/mol. The maximum absolute atomic E-state index is 11.5. The predicted octanol–water partition coefficient (Wildman–Crippen LogP) is 2.85. The van der Waals surface area contributed by atoms with Gasteiger partial charge in [0, 0.05) is 19.0 Å². The first kappa shape index (κ1) is 22.7. The number of amides is 1. The Balaban J connectivity index is 2.92. The summed E-state index contributed by atoms with van der Waals surface area (Å²) in [5, 5.41) is 14.1. The Morgan fingerprint density at radius 2 is 2.04 bits per heavy atom. The van der Waals surface area contributed by atoms with Gasteiger partial charge >= 0.3 is 5.97 Å². The summed E-state index contributed by atoms with van der Waals surface area (Å²) in [4.78, 5) is 33.8. The summed E-state index contributed by atoms with van der Waals surface area (Å²) in [6.45, 7) is 8.86. The van der Waals surface area contributed by atoms with Crippen LogP contribution >= 0.6 is 0 Å². The van der Waals surface area contributed by atoms with Gasteiger partial charge in [-0.2, -0.15) is 0 Å². The van der Waals surface area contributed by atoms with Gasteiger partial charge in [0.15, 0.2) is 11.5 Å². The molecule has 152 valence electrons. The van der Waals surface area contributed by atoms with Crippen LogP contribution < -0.4 is 14.8 Å². The van der Waals surface area contributed by atoms with E-state index in [4.69, 9.17) is 14.2 Å². The molecule has 1 aromatic rings. The fraction of sp³-hybridized carbons (Fsp3) is 0.368. The van der Waals surface area contributed by atoms with E-state index in [9.17, 15) is 19.7 Å². The molecule has 0 bridgehead atoms. The second kappa shape index (κ2) is 11.4. The van der Waals surface area contributed by atoms with Gasteiger partial charge < -0.3 is 19.5 Å². The van der Waals surface area contributed by atoms with Gasteiger partial charge in [-0.15, -0.1) is 6.58 Å². The summed E-state index contributed by atoms with van der Waals surface area (Å²) in [6, 6.07) is 2.61. The second-order valence-electron chi connectivity index (χ2n) is 5.65. The van der Waals surface area contributed by atoms with E-state index in [-0.39, 0.29) is 41.7 Å². The van der Waals surface area contributed by atoms with E-state index in [0.717, 1.165) is 6.08 Å². The zero-order valence-electron chi connectivity index (χ0n) is 15.9. The molecule has 1 amide bonds. The largest absolute Gasteiger partial charge is 0.493 e. The number of nitrogens with one attached hydrogen (secondary N) is 1. The van der Waals surface area contributed by atoms with Gasteiger partial charge in [-0.25, -0.2) is 4.79 Å². The molecule has 0 aliphatic heterocycles. The van der Waals surface area contributed by atoms with E-state index in [1.807, 2.05) is 0 Å². The van der Waals surface area contributed by atoms with Crippen molar-refractivity contribution < 1.29 is 28.7 Å². The molecule has 1 aromatic carbocycles. The van der Waals surface area contributed by atoms with E-state index in [0.29, 0.717) is 13.0 Å². The SMILES string of the molecule is C=CCNC(=O)CCCOc1cc([N+](=O)[O-])c(C(C)OC(=O)C=C)cc1OC. The van der Waals surface area contributed by atoms with Crippen LogP contribution in [0, 0.1) is 10.1 Å². The van der Waals surface area contributed by atoms with Crippen LogP contribution in [0.1, 0.15) is 31.4 Å². The summed E-state index contributed by atoms with van der Waals surface area (Å²) in [5.41, 5.74) is -0.114.